The maximum Gasteiger partial charge on any atom is 0.230 e. The lowest BCUT2D eigenvalue weighted by molar-refractivity contribution is -0.115. The summed E-state index contributed by atoms with van der Waals surface area (Å²) in [5.41, 5.74) is 3.06. The van der Waals surface area contributed by atoms with Crippen molar-refractivity contribution in [1.82, 2.24) is 10.2 Å². The fraction of sp³-hybridized carbons (Fsp3) is 0.333. The number of amides is 1. The highest BCUT2D eigenvalue weighted by molar-refractivity contribution is 7.08. The van der Waals surface area contributed by atoms with Gasteiger partial charge in [0, 0.05) is 17.7 Å². The number of thiophene rings is 1. The van der Waals surface area contributed by atoms with Crippen LogP contribution in [0.2, 0.25) is 0 Å². The molecule has 0 bridgehead atoms. The Labute approximate surface area is 108 Å². The fourth-order valence-electron chi connectivity index (χ4n) is 1.97. The summed E-state index contributed by atoms with van der Waals surface area (Å²) >= 11 is 1.59. The number of rotatable bonds is 3. The molecule has 0 spiro atoms. The monoisotopic (exact) mass is 263 g/mol. The van der Waals surface area contributed by atoms with Gasteiger partial charge in [-0.05, 0) is 22.4 Å². The van der Waals surface area contributed by atoms with Gasteiger partial charge in [0.25, 0.3) is 0 Å². The zero-order valence-electron chi connectivity index (χ0n) is 9.73. The number of carbonyl (C=O) groups excluding carboxylic acids is 1. The van der Waals surface area contributed by atoms with Crippen LogP contribution in [-0.2, 0) is 29.0 Å². The molecule has 1 aliphatic heterocycles. The lowest BCUT2D eigenvalue weighted by Gasteiger charge is -2.12. The molecule has 2 aromatic rings. The molecule has 5 nitrogen and oxygen atoms in total. The molecule has 0 radical (unpaired) electrons. The minimum Gasteiger partial charge on any atom is -0.376 e. The molecule has 3 rings (SSSR count). The lowest BCUT2D eigenvalue weighted by atomic mass is 10.1. The van der Waals surface area contributed by atoms with Crippen LogP contribution in [0.5, 0.6) is 0 Å². The van der Waals surface area contributed by atoms with Crippen LogP contribution in [0.15, 0.2) is 16.8 Å². The van der Waals surface area contributed by atoms with Gasteiger partial charge in [-0.3, -0.25) is 9.89 Å². The summed E-state index contributed by atoms with van der Waals surface area (Å²) in [7, 11) is 0. The Kier molecular flexibility index (Phi) is 3.12. The average molecular weight is 263 g/mol. The number of ether oxygens (including phenoxy) is 1. The van der Waals surface area contributed by atoms with Crippen LogP contribution in [0, 0.1) is 0 Å². The van der Waals surface area contributed by atoms with Gasteiger partial charge in [-0.1, -0.05) is 0 Å². The molecular formula is C12H13N3O2S. The Morgan fingerprint density at radius 2 is 2.56 bits per heavy atom. The molecule has 1 aliphatic rings. The molecule has 1 amide bonds. The molecule has 0 aliphatic carbocycles. The second-order valence-corrected chi connectivity index (χ2v) is 4.97. The molecule has 6 heteroatoms. The number of hydrogen-bond donors (Lipinski definition) is 2. The highest BCUT2D eigenvalue weighted by Gasteiger charge is 2.18. The van der Waals surface area contributed by atoms with Crippen LogP contribution in [0.1, 0.15) is 16.8 Å². The molecule has 0 saturated heterocycles. The zero-order chi connectivity index (χ0) is 12.4. The van der Waals surface area contributed by atoms with E-state index < -0.39 is 0 Å². The van der Waals surface area contributed by atoms with Gasteiger partial charge in [0.1, 0.15) is 0 Å². The van der Waals surface area contributed by atoms with Crippen molar-refractivity contribution in [3.63, 3.8) is 0 Å². The van der Waals surface area contributed by atoms with Gasteiger partial charge in [0.05, 0.1) is 19.6 Å². The average Bonchev–Trinajstić information content (AvgIpc) is 3.00. The SMILES string of the molecule is O=C(Cc1ccsc1)Nc1n[nH]c2c1COCC2. The predicted molar refractivity (Wildman–Crippen MR) is 68.6 cm³/mol. The molecule has 94 valence electrons. The van der Waals surface area contributed by atoms with E-state index in [1.54, 1.807) is 11.3 Å². The summed E-state index contributed by atoms with van der Waals surface area (Å²) in [4.78, 5) is 11.9. The zero-order valence-corrected chi connectivity index (χ0v) is 10.5. The van der Waals surface area contributed by atoms with Crippen molar-refractivity contribution in [3.05, 3.63) is 33.6 Å². The van der Waals surface area contributed by atoms with Crippen LogP contribution >= 0.6 is 11.3 Å². The molecule has 18 heavy (non-hydrogen) atoms. The van der Waals surface area contributed by atoms with Gasteiger partial charge < -0.3 is 10.1 Å². The van der Waals surface area contributed by atoms with E-state index in [0.717, 1.165) is 23.2 Å². The normalized spacial score (nSPS) is 14.2. The largest absolute Gasteiger partial charge is 0.376 e. The minimum atomic E-state index is -0.0479. The molecule has 2 aromatic heterocycles. The smallest absolute Gasteiger partial charge is 0.230 e. The van der Waals surface area contributed by atoms with Crippen molar-refractivity contribution in [3.8, 4) is 0 Å². The summed E-state index contributed by atoms with van der Waals surface area (Å²) < 4.78 is 5.37. The number of aromatic nitrogens is 2. The van der Waals surface area contributed by atoms with Gasteiger partial charge in [-0.15, -0.1) is 0 Å². The Balaban J connectivity index is 1.69. The summed E-state index contributed by atoms with van der Waals surface area (Å²) in [6.45, 7) is 1.22. The Bertz CT molecular complexity index is 548. The molecule has 0 aromatic carbocycles. The van der Waals surface area contributed by atoms with E-state index in [2.05, 4.69) is 15.5 Å². The highest BCUT2D eigenvalue weighted by Crippen LogP contribution is 2.22. The third kappa shape index (κ3) is 2.30. The summed E-state index contributed by atoms with van der Waals surface area (Å²) in [5.74, 6) is 0.554. The molecule has 0 saturated carbocycles. The van der Waals surface area contributed by atoms with E-state index in [1.807, 2.05) is 16.8 Å². The second-order valence-electron chi connectivity index (χ2n) is 4.19. The number of fused-ring (bicyclic) bond motifs is 1. The van der Waals surface area contributed by atoms with Gasteiger partial charge in [0.2, 0.25) is 5.91 Å². The first-order valence-corrected chi connectivity index (χ1v) is 6.72. The van der Waals surface area contributed by atoms with Crippen LogP contribution < -0.4 is 5.32 Å². The predicted octanol–water partition coefficient (Wildman–Crippen LogP) is 1.73. The van der Waals surface area contributed by atoms with E-state index in [9.17, 15) is 4.79 Å². The summed E-state index contributed by atoms with van der Waals surface area (Å²) in [6.07, 6.45) is 1.20. The molecule has 0 atom stereocenters. The number of anilines is 1. The lowest BCUT2D eigenvalue weighted by Crippen LogP contribution is -2.17. The maximum absolute atomic E-state index is 11.9. The van der Waals surface area contributed by atoms with Crippen molar-refractivity contribution in [1.29, 1.82) is 0 Å². The fourth-order valence-corrected chi connectivity index (χ4v) is 2.64. The second kappa shape index (κ2) is 4.91. The third-order valence-electron chi connectivity index (χ3n) is 2.90. The Morgan fingerprint density at radius 1 is 1.61 bits per heavy atom. The Morgan fingerprint density at radius 3 is 3.39 bits per heavy atom. The standard InChI is InChI=1S/C12H13N3O2S/c16-11(5-8-2-4-18-7-8)13-12-9-6-17-3-1-10(9)14-15-12/h2,4,7H,1,3,5-6H2,(H2,13,14,15,16). The van der Waals surface area contributed by atoms with Crippen molar-refractivity contribution in [2.75, 3.05) is 11.9 Å². The molecule has 0 fully saturated rings. The van der Waals surface area contributed by atoms with Crippen LogP contribution in [0.25, 0.3) is 0 Å². The maximum atomic E-state index is 11.9. The molecule has 0 unspecified atom stereocenters. The van der Waals surface area contributed by atoms with E-state index >= 15 is 0 Å². The number of nitrogens with zero attached hydrogens (tertiary/aromatic N) is 1. The molecule has 2 N–H and O–H groups in total. The number of H-pyrrole nitrogens is 1. The van der Waals surface area contributed by atoms with Crippen LogP contribution in [0.3, 0.4) is 0 Å². The number of nitrogens with one attached hydrogen (secondary N) is 2. The van der Waals surface area contributed by atoms with E-state index in [1.165, 1.54) is 0 Å². The van der Waals surface area contributed by atoms with Gasteiger partial charge in [-0.25, -0.2) is 0 Å². The first kappa shape index (κ1) is 11.4. The number of hydrogen-bond acceptors (Lipinski definition) is 4. The summed E-state index contributed by atoms with van der Waals surface area (Å²) in [6, 6.07) is 1.95. The van der Waals surface area contributed by atoms with Crippen molar-refractivity contribution in [2.45, 2.75) is 19.4 Å². The minimum absolute atomic E-state index is 0.0479. The number of carbonyl (C=O) groups is 1. The van der Waals surface area contributed by atoms with Gasteiger partial charge in [-0.2, -0.15) is 16.4 Å². The van der Waals surface area contributed by atoms with E-state index in [0.29, 0.717) is 25.5 Å². The quantitative estimate of drug-likeness (QED) is 0.886. The molecule has 3 heterocycles. The molecular weight excluding hydrogens is 250 g/mol. The summed E-state index contributed by atoms with van der Waals surface area (Å²) in [5, 5.41) is 13.9. The third-order valence-corrected chi connectivity index (χ3v) is 3.63. The first-order chi connectivity index (χ1) is 8.83. The first-order valence-electron chi connectivity index (χ1n) is 5.77. The van der Waals surface area contributed by atoms with Crippen molar-refractivity contribution >= 4 is 23.1 Å². The van der Waals surface area contributed by atoms with E-state index in [-0.39, 0.29) is 5.91 Å². The van der Waals surface area contributed by atoms with Crippen molar-refractivity contribution < 1.29 is 9.53 Å². The van der Waals surface area contributed by atoms with E-state index in [4.69, 9.17) is 4.74 Å². The Hall–Kier alpha value is -1.66. The van der Waals surface area contributed by atoms with Crippen molar-refractivity contribution in [2.24, 2.45) is 0 Å². The van der Waals surface area contributed by atoms with Gasteiger partial charge >= 0.3 is 0 Å². The topological polar surface area (TPSA) is 67.0 Å². The number of aromatic amines is 1. The van der Waals surface area contributed by atoms with Crippen LogP contribution in [0.4, 0.5) is 5.82 Å². The van der Waals surface area contributed by atoms with Gasteiger partial charge in [0.15, 0.2) is 5.82 Å². The highest BCUT2D eigenvalue weighted by atomic mass is 32.1. The van der Waals surface area contributed by atoms with Crippen LogP contribution in [-0.4, -0.2) is 22.7 Å².